The van der Waals surface area contributed by atoms with Crippen molar-refractivity contribution in [2.75, 3.05) is 18.6 Å². The number of pyridine rings is 1. The van der Waals surface area contributed by atoms with E-state index in [-0.39, 0.29) is 28.8 Å². The third-order valence-corrected chi connectivity index (χ3v) is 7.82. The lowest BCUT2D eigenvalue weighted by atomic mass is 10.0. The predicted octanol–water partition coefficient (Wildman–Crippen LogP) is -0.379. The molecule has 36 heavy (non-hydrogen) atoms. The van der Waals surface area contributed by atoms with Crippen molar-refractivity contribution in [2.24, 2.45) is 5.16 Å². The number of nitrogen functional groups attached to an aromatic ring is 1. The van der Waals surface area contributed by atoms with E-state index in [2.05, 4.69) is 15.5 Å². The number of aromatic nitrogens is 2. The number of carbonyl (C=O) groups is 3. The van der Waals surface area contributed by atoms with E-state index in [1.54, 1.807) is 5.38 Å². The number of β-lactam (4-membered cyclic amide) rings is 1. The lowest BCUT2D eigenvalue weighted by molar-refractivity contribution is -0.687. The first kappa shape index (κ1) is 23.8. The highest BCUT2D eigenvalue weighted by atomic mass is 32.2. The highest BCUT2D eigenvalue weighted by Crippen LogP contribution is 2.40. The Hall–Kier alpha value is -3.97. The van der Waals surface area contributed by atoms with Crippen LogP contribution < -0.4 is 20.7 Å². The zero-order valence-corrected chi connectivity index (χ0v) is 20.5. The van der Waals surface area contributed by atoms with Crippen LogP contribution in [0.1, 0.15) is 5.69 Å². The van der Waals surface area contributed by atoms with Gasteiger partial charge in [0.15, 0.2) is 29.8 Å². The third kappa shape index (κ3) is 4.27. The van der Waals surface area contributed by atoms with Crippen LogP contribution in [-0.2, 0) is 25.8 Å². The van der Waals surface area contributed by atoms with Gasteiger partial charge in [-0.3, -0.25) is 14.5 Å². The lowest BCUT2D eigenvalue weighted by Gasteiger charge is -2.50. The maximum atomic E-state index is 13.0. The number of fused-ring (bicyclic) bond motifs is 2. The molecule has 1 fully saturated rings. The lowest BCUT2D eigenvalue weighted by Crippen LogP contribution is -2.71. The van der Waals surface area contributed by atoms with E-state index in [0.717, 1.165) is 22.1 Å². The van der Waals surface area contributed by atoms with Crippen LogP contribution in [0.15, 0.2) is 64.5 Å². The fourth-order valence-electron chi connectivity index (χ4n) is 4.19. The van der Waals surface area contributed by atoms with Gasteiger partial charge in [0.05, 0.1) is 11.7 Å². The monoisotopic (exact) mass is 524 g/mol. The number of anilines is 1. The molecule has 0 radical (unpaired) electrons. The number of nitrogens with zero attached hydrogens (tertiary/aromatic N) is 4. The molecule has 13 heteroatoms. The van der Waals surface area contributed by atoms with Crippen molar-refractivity contribution in [3.05, 3.63) is 65.1 Å². The Labute approximate surface area is 213 Å². The number of rotatable bonds is 7. The number of thioether (sulfide) groups is 1. The number of nitrogens with two attached hydrogens (primary N) is 1. The Bertz CT molecular complexity index is 1450. The van der Waals surface area contributed by atoms with Crippen molar-refractivity contribution in [1.29, 1.82) is 0 Å². The quantitative estimate of drug-likeness (QED) is 0.184. The standard InChI is InChI=1S/C23H20N6O5S2/c1-34-27-16(15-11-36-23(24)25-15)19(30)26-17-20(31)29-18(22(32)33)14(10-35-21(17)29)9-28-7-6-12-4-2-3-5-13(12)8-28/h2-8,11,17,21H,9-10H2,1H3,(H3-,24,25,26,30,32,33)/b27-16-/t17-,21-/m1/s1. The van der Waals surface area contributed by atoms with Gasteiger partial charge in [-0.1, -0.05) is 23.4 Å². The molecule has 3 N–H and O–H groups in total. The second-order valence-corrected chi connectivity index (χ2v) is 10.0. The third-order valence-electron chi connectivity index (χ3n) is 5.81. The van der Waals surface area contributed by atoms with Crippen LogP contribution in [0.3, 0.4) is 0 Å². The number of oxime groups is 1. The molecule has 5 rings (SSSR count). The van der Waals surface area contributed by atoms with Crippen molar-refractivity contribution in [1.82, 2.24) is 15.2 Å². The van der Waals surface area contributed by atoms with Crippen LogP contribution in [0.5, 0.6) is 0 Å². The SMILES string of the molecule is CO/N=C(\C(=O)N[C@@H]1C(=O)N2C(C(=O)[O-])=C(C[n+]3ccc4ccccc4c3)CS[C@H]12)c1csc(N)n1. The van der Waals surface area contributed by atoms with E-state index in [4.69, 9.17) is 10.6 Å². The van der Waals surface area contributed by atoms with Gasteiger partial charge in [0.25, 0.3) is 11.8 Å². The molecule has 3 aromatic rings. The first-order chi connectivity index (χ1) is 17.4. The number of carbonyl (C=O) groups excluding carboxylic acids is 3. The number of amides is 2. The van der Waals surface area contributed by atoms with E-state index < -0.39 is 29.2 Å². The van der Waals surface area contributed by atoms with Gasteiger partial charge in [0.2, 0.25) is 0 Å². The summed E-state index contributed by atoms with van der Waals surface area (Å²) in [6.07, 6.45) is 3.79. The number of thiazole rings is 1. The summed E-state index contributed by atoms with van der Waals surface area (Å²) in [5, 5.41) is 21.7. The second-order valence-electron chi connectivity index (χ2n) is 8.04. The Morgan fingerprint density at radius 1 is 1.33 bits per heavy atom. The molecule has 2 amide bonds. The summed E-state index contributed by atoms with van der Waals surface area (Å²) in [6.45, 7) is 0.282. The molecule has 2 aliphatic heterocycles. The second kappa shape index (κ2) is 9.59. The molecule has 11 nitrogen and oxygen atoms in total. The first-order valence-corrected chi connectivity index (χ1v) is 12.7. The molecule has 0 saturated carbocycles. The molecule has 184 valence electrons. The fraction of sp³-hybridized carbons (Fsp3) is 0.217. The van der Waals surface area contributed by atoms with Gasteiger partial charge in [-0.25, -0.2) is 9.55 Å². The molecule has 0 unspecified atom stereocenters. The highest BCUT2D eigenvalue weighted by Gasteiger charge is 2.53. The zero-order chi connectivity index (χ0) is 25.4. The van der Waals surface area contributed by atoms with Crippen LogP contribution in [0.4, 0.5) is 5.13 Å². The molecule has 1 aromatic carbocycles. The number of carboxylic acid groups (broad SMARTS) is 1. The van der Waals surface area contributed by atoms with E-state index >= 15 is 0 Å². The number of aliphatic carboxylic acids is 1. The minimum Gasteiger partial charge on any atom is -0.543 e. The van der Waals surface area contributed by atoms with Crippen molar-refractivity contribution < 1.29 is 28.9 Å². The molecule has 0 aliphatic carbocycles. The van der Waals surface area contributed by atoms with Crippen molar-refractivity contribution in [3.63, 3.8) is 0 Å². The Morgan fingerprint density at radius 2 is 2.11 bits per heavy atom. The molecule has 2 atom stereocenters. The van der Waals surface area contributed by atoms with Gasteiger partial charge < -0.3 is 25.8 Å². The number of hydrogen-bond donors (Lipinski definition) is 2. The molecule has 0 bridgehead atoms. The molecule has 1 saturated heterocycles. The minimum atomic E-state index is -1.44. The van der Waals surface area contributed by atoms with Crippen LogP contribution >= 0.6 is 23.1 Å². The largest absolute Gasteiger partial charge is 0.543 e. The number of nitrogens with one attached hydrogen (secondary N) is 1. The maximum Gasteiger partial charge on any atom is 0.276 e. The Kier molecular flexibility index (Phi) is 6.33. The molecule has 0 spiro atoms. The van der Waals surface area contributed by atoms with Gasteiger partial charge in [0, 0.05) is 28.2 Å². The van der Waals surface area contributed by atoms with Crippen LogP contribution in [0.25, 0.3) is 10.8 Å². The summed E-state index contributed by atoms with van der Waals surface area (Å²) in [6, 6.07) is 8.85. The minimum absolute atomic E-state index is 0.137. The normalized spacial score (nSPS) is 19.6. The average molecular weight is 525 g/mol. The summed E-state index contributed by atoms with van der Waals surface area (Å²) >= 11 is 2.50. The van der Waals surface area contributed by atoms with Crippen molar-refractivity contribution in [2.45, 2.75) is 18.0 Å². The summed E-state index contributed by atoms with van der Waals surface area (Å²) in [7, 11) is 1.28. The average Bonchev–Trinajstić information content (AvgIpc) is 3.30. The highest BCUT2D eigenvalue weighted by molar-refractivity contribution is 8.00. The van der Waals surface area contributed by atoms with Gasteiger partial charge in [0.1, 0.15) is 24.2 Å². The van der Waals surface area contributed by atoms with Crippen LogP contribution in [0, 0.1) is 0 Å². The zero-order valence-electron chi connectivity index (χ0n) is 18.9. The molecule has 2 aromatic heterocycles. The molecule has 4 heterocycles. The Balaban J connectivity index is 1.36. The van der Waals surface area contributed by atoms with Crippen LogP contribution in [-0.4, -0.2) is 57.7 Å². The summed E-state index contributed by atoms with van der Waals surface area (Å²) in [4.78, 5) is 47.9. The van der Waals surface area contributed by atoms with E-state index in [1.165, 1.54) is 23.8 Å². The van der Waals surface area contributed by atoms with Crippen molar-refractivity contribution >= 4 is 62.5 Å². The first-order valence-electron chi connectivity index (χ1n) is 10.8. The van der Waals surface area contributed by atoms with E-state index in [9.17, 15) is 19.5 Å². The number of benzene rings is 1. The summed E-state index contributed by atoms with van der Waals surface area (Å²) in [5.74, 6) is -2.31. The number of hydrogen-bond acceptors (Lipinski definition) is 10. The van der Waals surface area contributed by atoms with E-state index in [1.807, 2.05) is 47.3 Å². The number of carboxylic acids is 1. The van der Waals surface area contributed by atoms with Crippen molar-refractivity contribution in [3.8, 4) is 0 Å². The smallest absolute Gasteiger partial charge is 0.276 e. The van der Waals surface area contributed by atoms with Crippen LogP contribution in [0.2, 0.25) is 0 Å². The fourth-order valence-corrected chi connectivity index (χ4v) is 6.07. The summed E-state index contributed by atoms with van der Waals surface area (Å²) in [5.41, 5.74) is 6.11. The van der Waals surface area contributed by atoms with Gasteiger partial charge in [-0.05, 0) is 11.5 Å². The van der Waals surface area contributed by atoms with Gasteiger partial charge in [-0.15, -0.1) is 23.1 Å². The predicted molar refractivity (Wildman–Crippen MR) is 131 cm³/mol. The summed E-state index contributed by atoms with van der Waals surface area (Å²) < 4.78 is 1.87. The Morgan fingerprint density at radius 3 is 2.81 bits per heavy atom. The molecule has 2 aliphatic rings. The molecular formula is C23H20N6O5S2. The maximum absolute atomic E-state index is 13.0. The topological polar surface area (TPSA) is 154 Å². The van der Waals surface area contributed by atoms with Gasteiger partial charge in [-0.2, -0.15) is 0 Å². The van der Waals surface area contributed by atoms with Gasteiger partial charge >= 0.3 is 0 Å². The molecular weight excluding hydrogens is 504 g/mol. The van der Waals surface area contributed by atoms with E-state index in [0.29, 0.717) is 11.3 Å².